The summed E-state index contributed by atoms with van der Waals surface area (Å²) in [5, 5.41) is 14.1. The lowest BCUT2D eigenvalue weighted by Gasteiger charge is -2.37. The second kappa shape index (κ2) is 9.77. The Hall–Kier alpha value is -3.52. The minimum atomic E-state index is -0.247. The lowest BCUT2D eigenvalue weighted by molar-refractivity contribution is -0.117. The van der Waals surface area contributed by atoms with Gasteiger partial charge < -0.3 is 9.30 Å². The van der Waals surface area contributed by atoms with Gasteiger partial charge in [-0.2, -0.15) is 10.2 Å². The molecule has 34 heavy (non-hydrogen) atoms. The lowest BCUT2D eigenvalue weighted by atomic mass is 9.96. The van der Waals surface area contributed by atoms with Crippen molar-refractivity contribution in [3.8, 4) is 0 Å². The van der Waals surface area contributed by atoms with Crippen molar-refractivity contribution in [2.75, 3.05) is 18.1 Å². The van der Waals surface area contributed by atoms with Gasteiger partial charge in [0.15, 0.2) is 5.49 Å². The van der Waals surface area contributed by atoms with Crippen LogP contribution in [0.5, 0.6) is 0 Å². The van der Waals surface area contributed by atoms with E-state index in [4.69, 9.17) is 4.74 Å². The van der Waals surface area contributed by atoms with E-state index in [9.17, 15) is 4.79 Å². The van der Waals surface area contributed by atoms with E-state index >= 15 is 0 Å². The van der Waals surface area contributed by atoms with Gasteiger partial charge in [0.05, 0.1) is 37.4 Å². The van der Waals surface area contributed by atoms with Crippen LogP contribution in [0.25, 0.3) is 0 Å². The van der Waals surface area contributed by atoms with E-state index < -0.39 is 0 Å². The fourth-order valence-electron chi connectivity index (χ4n) is 4.72. The summed E-state index contributed by atoms with van der Waals surface area (Å²) in [6.45, 7) is 17.3. The van der Waals surface area contributed by atoms with Crippen molar-refractivity contribution in [1.82, 2.24) is 9.58 Å². The van der Waals surface area contributed by atoms with Crippen LogP contribution in [0.3, 0.4) is 0 Å². The van der Waals surface area contributed by atoms with Gasteiger partial charge in [0.25, 0.3) is 0 Å². The van der Waals surface area contributed by atoms with Crippen molar-refractivity contribution in [2.45, 2.75) is 52.7 Å². The number of hydrazone groups is 1. The van der Waals surface area contributed by atoms with Gasteiger partial charge in [-0.15, -0.1) is 5.10 Å². The fraction of sp³-hybridized carbons (Fsp3) is 0.385. The van der Waals surface area contributed by atoms with Gasteiger partial charge in [-0.25, -0.2) is 0 Å². The number of pyridine rings is 1. The molecule has 1 amide bonds. The predicted molar refractivity (Wildman–Crippen MR) is 135 cm³/mol. The second-order valence-electron chi connectivity index (χ2n) is 8.77. The molecule has 1 aromatic heterocycles. The molecule has 1 unspecified atom stereocenters. The average Bonchev–Trinajstić information content (AvgIpc) is 3.14. The number of carbonyl (C=O) groups excluding carboxylic acids is 1. The zero-order valence-corrected chi connectivity index (χ0v) is 20.4. The summed E-state index contributed by atoms with van der Waals surface area (Å²) in [5.41, 5.74) is 6.69. The van der Waals surface area contributed by atoms with Gasteiger partial charge in [0.2, 0.25) is 5.91 Å². The van der Waals surface area contributed by atoms with Gasteiger partial charge in [-0.1, -0.05) is 29.8 Å². The van der Waals surface area contributed by atoms with Crippen molar-refractivity contribution in [3.63, 3.8) is 0 Å². The number of benzene rings is 1. The van der Waals surface area contributed by atoms with Crippen LogP contribution in [0, 0.1) is 13.8 Å². The first kappa shape index (κ1) is 23.6. The number of amides is 1. The summed E-state index contributed by atoms with van der Waals surface area (Å²) in [7, 11) is 0. The molecular formula is C26H32N6O2. The minimum absolute atomic E-state index is 0.0439. The third-order valence-electron chi connectivity index (χ3n) is 6.58. The van der Waals surface area contributed by atoms with Crippen LogP contribution < -0.4 is 10.4 Å². The van der Waals surface area contributed by atoms with E-state index in [0.29, 0.717) is 26.2 Å². The lowest BCUT2D eigenvalue weighted by Crippen LogP contribution is -2.45. The summed E-state index contributed by atoms with van der Waals surface area (Å²) >= 11 is 0. The molecule has 8 heteroatoms. The van der Waals surface area contributed by atoms with Crippen LogP contribution in [0.2, 0.25) is 0 Å². The first-order valence-corrected chi connectivity index (χ1v) is 11.5. The molecule has 1 atom stereocenters. The first-order valence-electron chi connectivity index (χ1n) is 11.5. The number of aryl methyl sites for hydroxylation is 3. The van der Waals surface area contributed by atoms with Crippen molar-refractivity contribution in [3.05, 3.63) is 70.0 Å². The molecule has 0 bridgehead atoms. The third kappa shape index (κ3) is 4.21. The summed E-state index contributed by atoms with van der Waals surface area (Å²) in [4.78, 5) is 15.5. The highest BCUT2D eigenvalue weighted by molar-refractivity contribution is 6.00. The topological polar surface area (TPSA) is 74.8 Å². The SMILES string of the molecule is C=N/N=c1/c(C)cc(N2C(=O)C/C(=C(/C)N(N=C)C3COC3)C2c2ccc(C)cc2)cn1CC. The number of nitrogens with zero attached hydrogens (tertiary/aromatic N) is 6. The molecule has 1 aromatic carbocycles. The highest BCUT2D eigenvalue weighted by Crippen LogP contribution is 2.43. The molecule has 2 saturated heterocycles. The highest BCUT2D eigenvalue weighted by atomic mass is 16.5. The zero-order valence-electron chi connectivity index (χ0n) is 20.4. The summed E-state index contributed by atoms with van der Waals surface area (Å²) in [6.07, 6.45) is 2.28. The Labute approximate surface area is 200 Å². The Morgan fingerprint density at radius 3 is 2.47 bits per heavy atom. The number of allylic oxidation sites excluding steroid dienone is 1. The zero-order chi connectivity index (χ0) is 24.4. The van der Waals surface area contributed by atoms with Crippen LogP contribution >= 0.6 is 0 Å². The van der Waals surface area contributed by atoms with Crippen LogP contribution in [-0.2, 0) is 16.1 Å². The molecule has 8 nitrogen and oxygen atoms in total. The smallest absolute Gasteiger partial charge is 0.232 e. The molecule has 0 aliphatic carbocycles. The van der Waals surface area contributed by atoms with Gasteiger partial charge >= 0.3 is 0 Å². The fourth-order valence-corrected chi connectivity index (χ4v) is 4.72. The van der Waals surface area contributed by atoms with E-state index in [1.54, 1.807) is 0 Å². The maximum Gasteiger partial charge on any atom is 0.232 e. The molecule has 4 rings (SSSR count). The minimum Gasteiger partial charge on any atom is -0.377 e. The number of carbonyl (C=O) groups is 1. The quantitative estimate of drug-likeness (QED) is 0.467. The van der Waals surface area contributed by atoms with E-state index in [-0.39, 0.29) is 18.0 Å². The maximum absolute atomic E-state index is 13.6. The third-order valence-corrected chi connectivity index (χ3v) is 6.58. The average molecular weight is 461 g/mol. The van der Waals surface area contributed by atoms with Crippen LogP contribution in [-0.4, -0.2) is 48.2 Å². The van der Waals surface area contributed by atoms with Crippen molar-refractivity contribution in [2.24, 2.45) is 15.3 Å². The Kier molecular flexibility index (Phi) is 6.79. The van der Waals surface area contributed by atoms with Gasteiger partial charge in [-0.3, -0.25) is 14.7 Å². The van der Waals surface area contributed by atoms with Crippen molar-refractivity contribution in [1.29, 1.82) is 0 Å². The van der Waals surface area contributed by atoms with Crippen LogP contribution in [0.1, 0.15) is 43.0 Å². The Bertz CT molecular complexity index is 1210. The first-order chi connectivity index (χ1) is 16.4. The molecule has 2 aliphatic heterocycles. The molecule has 178 valence electrons. The second-order valence-corrected chi connectivity index (χ2v) is 8.77. The van der Waals surface area contributed by atoms with E-state index in [1.165, 1.54) is 5.56 Å². The summed E-state index contributed by atoms with van der Waals surface area (Å²) in [5.74, 6) is 0.0439. The number of hydrogen-bond acceptors (Lipinski definition) is 6. The molecule has 0 radical (unpaired) electrons. The Morgan fingerprint density at radius 2 is 1.91 bits per heavy atom. The monoisotopic (exact) mass is 460 g/mol. The molecule has 0 N–H and O–H groups in total. The van der Waals surface area contributed by atoms with Gasteiger partial charge in [0, 0.05) is 31.9 Å². The molecule has 0 spiro atoms. The standard InChI is InChI=1S/C26H32N6O2/c1-7-30-14-21(12-18(3)26(30)29-27-5)31-24(33)13-23(19(4)32(28-6)22-15-34-16-22)25(31)20-10-8-17(2)9-11-20/h8-12,14,22,25H,5-7,13,15-16H2,1-4H3/b23-19+,29-26-. The predicted octanol–water partition coefficient (Wildman–Crippen LogP) is 3.71. The van der Waals surface area contributed by atoms with E-state index in [0.717, 1.165) is 33.6 Å². The molecule has 2 aromatic rings. The van der Waals surface area contributed by atoms with Gasteiger partial charge in [0.1, 0.15) is 0 Å². The maximum atomic E-state index is 13.6. The highest BCUT2D eigenvalue weighted by Gasteiger charge is 2.41. The van der Waals surface area contributed by atoms with Crippen molar-refractivity contribution < 1.29 is 9.53 Å². The summed E-state index contributed by atoms with van der Waals surface area (Å²) in [6, 6.07) is 10.3. The van der Waals surface area contributed by atoms with Crippen molar-refractivity contribution >= 4 is 25.0 Å². The molecule has 2 fully saturated rings. The molecular weight excluding hydrogens is 428 g/mol. The van der Waals surface area contributed by atoms with Gasteiger partial charge in [-0.05, 0) is 50.5 Å². The number of rotatable bonds is 7. The number of anilines is 1. The number of hydrogen-bond donors (Lipinski definition) is 0. The normalized spacial score (nSPS) is 20.4. The largest absolute Gasteiger partial charge is 0.377 e. The Balaban J connectivity index is 1.89. The number of aromatic nitrogens is 1. The molecule has 2 aliphatic rings. The number of ether oxygens (including phenoxy) is 1. The van der Waals surface area contributed by atoms with E-state index in [1.807, 2.05) is 47.5 Å². The van der Waals surface area contributed by atoms with Crippen LogP contribution in [0.15, 0.2) is 63.1 Å². The summed E-state index contributed by atoms with van der Waals surface area (Å²) < 4.78 is 7.38. The Morgan fingerprint density at radius 1 is 1.21 bits per heavy atom. The van der Waals surface area contributed by atoms with E-state index in [2.05, 4.69) is 59.9 Å². The van der Waals surface area contributed by atoms with Crippen LogP contribution in [0.4, 0.5) is 5.69 Å². The molecule has 0 saturated carbocycles. The molecule has 3 heterocycles.